The normalized spacial score (nSPS) is 13.8. The molecule has 0 saturated carbocycles. The van der Waals surface area contributed by atoms with Crippen LogP contribution in [0.25, 0.3) is 0 Å². The summed E-state index contributed by atoms with van der Waals surface area (Å²) < 4.78 is 4.63. The van der Waals surface area contributed by atoms with Gasteiger partial charge in [-0.2, -0.15) is 0 Å². The Morgan fingerprint density at radius 2 is 2.44 bits per heavy atom. The summed E-state index contributed by atoms with van der Waals surface area (Å²) in [4.78, 5) is 12.3. The van der Waals surface area contributed by atoms with E-state index in [1.165, 1.54) is 23.3 Å². The Morgan fingerprint density at radius 1 is 1.56 bits per heavy atom. The van der Waals surface area contributed by atoms with E-state index in [2.05, 4.69) is 28.3 Å². The van der Waals surface area contributed by atoms with E-state index < -0.39 is 0 Å². The number of fused-ring (bicyclic) bond motifs is 1. The van der Waals surface area contributed by atoms with Crippen molar-refractivity contribution in [3.63, 3.8) is 0 Å². The lowest BCUT2D eigenvalue weighted by atomic mass is 10.1. The highest BCUT2D eigenvalue weighted by molar-refractivity contribution is 7.99. The van der Waals surface area contributed by atoms with Gasteiger partial charge in [0.15, 0.2) is 0 Å². The number of benzene rings is 1. The van der Waals surface area contributed by atoms with Gasteiger partial charge in [-0.3, -0.25) is 4.79 Å². The highest BCUT2D eigenvalue weighted by atomic mass is 32.2. The van der Waals surface area contributed by atoms with Gasteiger partial charge in [0.2, 0.25) is 0 Å². The van der Waals surface area contributed by atoms with E-state index in [0.29, 0.717) is 6.42 Å². The van der Waals surface area contributed by atoms with Gasteiger partial charge in [-0.25, -0.2) is 0 Å². The van der Waals surface area contributed by atoms with E-state index in [1.807, 2.05) is 11.8 Å². The molecule has 0 aromatic heterocycles. The molecule has 86 valence electrons. The van der Waals surface area contributed by atoms with Crippen molar-refractivity contribution in [3.05, 3.63) is 23.8 Å². The fraction of sp³-hybridized carbons (Fsp3) is 0.417. The number of rotatable bonds is 3. The molecule has 0 aliphatic carbocycles. The van der Waals surface area contributed by atoms with Gasteiger partial charge in [0.25, 0.3) is 0 Å². The third kappa shape index (κ3) is 2.70. The highest BCUT2D eigenvalue weighted by Crippen LogP contribution is 2.31. The number of anilines is 1. The number of carbonyl (C=O) groups is 1. The van der Waals surface area contributed by atoms with Gasteiger partial charge in [0.1, 0.15) is 0 Å². The molecule has 0 fully saturated rings. The molecule has 0 radical (unpaired) electrons. The summed E-state index contributed by atoms with van der Waals surface area (Å²) in [5, 5.41) is 3.35. The third-order valence-electron chi connectivity index (χ3n) is 2.57. The van der Waals surface area contributed by atoms with E-state index in [4.69, 9.17) is 0 Å². The number of ether oxygens (including phenoxy) is 1. The monoisotopic (exact) mass is 237 g/mol. The molecule has 1 aliphatic rings. The maximum atomic E-state index is 11.0. The van der Waals surface area contributed by atoms with E-state index in [9.17, 15) is 4.79 Å². The minimum Gasteiger partial charge on any atom is -0.469 e. The lowest BCUT2D eigenvalue weighted by molar-refractivity contribution is -0.140. The predicted octanol–water partition coefficient (Wildman–Crippen LogP) is 2.31. The first-order chi connectivity index (χ1) is 7.79. The van der Waals surface area contributed by atoms with Gasteiger partial charge in [-0.05, 0) is 24.1 Å². The molecule has 1 aromatic rings. The van der Waals surface area contributed by atoms with Crippen molar-refractivity contribution in [2.75, 3.05) is 24.7 Å². The lowest BCUT2D eigenvalue weighted by Gasteiger charge is -2.18. The second kappa shape index (κ2) is 5.25. The number of nitrogens with one attached hydrogen (secondary N) is 1. The topological polar surface area (TPSA) is 38.3 Å². The van der Waals surface area contributed by atoms with Crippen LogP contribution in [0.1, 0.15) is 12.0 Å². The van der Waals surface area contributed by atoms with Crippen molar-refractivity contribution in [1.29, 1.82) is 0 Å². The van der Waals surface area contributed by atoms with Gasteiger partial charge in [0, 0.05) is 29.3 Å². The molecule has 0 saturated heterocycles. The zero-order valence-electron chi connectivity index (χ0n) is 9.29. The molecule has 1 N–H and O–H groups in total. The largest absolute Gasteiger partial charge is 0.469 e. The molecule has 1 heterocycles. The Hall–Kier alpha value is -1.16. The van der Waals surface area contributed by atoms with Crippen molar-refractivity contribution < 1.29 is 9.53 Å². The van der Waals surface area contributed by atoms with Gasteiger partial charge < -0.3 is 10.1 Å². The van der Waals surface area contributed by atoms with Crippen LogP contribution >= 0.6 is 11.8 Å². The highest BCUT2D eigenvalue weighted by Gasteiger charge is 2.10. The van der Waals surface area contributed by atoms with E-state index in [0.717, 1.165) is 18.7 Å². The van der Waals surface area contributed by atoms with Gasteiger partial charge in [-0.15, -0.1) is 11.8 Å². The maximum absolute atomic E-state index is 11.0. The minimum absolute atomic E-state index is 0.150. The Balaban J connectivity index is 2.03. The molecule has 2 rings (SSSR count). The molecule has 0 atom stereocenters. The number of carbonyl (C=O) groups excluding carboxylic acids is 1. The molecule has 0 spiro atoms. The number of esters is 1. The quantitative estimate of drug-likeness (QED) is 0.819. The SMILES string of the molecule is COC(=O)CCc1ccc2c(c1)SCCN2. The zero-order valence-corrected chi connectivity index (χ0v) is 10.1. The molecule has 0 amide bonds. The molecule has 4 heteroatoms. The predicted molar refractivity (Wildman–Crippen MR) is 66.0 cm³/mol. The van der Waals surface area contributed by atoms with Crippen LogP contribution in [0.5, 0.6) is 0 Å². The van der Waals surface area contributed by atoms with Crippen molar-refractivity contribution in [2.45, 2.75) is 17.7 Å². The van der Waals surface area contributed by atoms with Crippen LogP contribution in [0.15, 0.2) is 23.1 Å². The third-order valence-corrected chi connectivity index (χ3v) is 3.62. The molecule has 1 aromatic carbocycles. The van der Waals surface area contributed by atoms with Crippen LogP contribution < -0.4 is 5.32 Å². The number of hydrogen-bond acceptors (Lipinski definition) is 4. The second-order valence-corrected chi connectivity index (χ2v) is 4.82. The summed E-state index contributed by atoms with van der Waals surface area (Å²) in [6.07, 6.45) is 1.20. The van der Waals surface area contributed by atoms with E-state index in [1.54, 1.807) is 0 Å². The Kier molecular flexibility index (Phi) is 3.72. The van der Waals surface area contributed by atoms with E-state index >= 15 is 0 Å². The molecular weight excluding hydrogens is 222 g/mol. The lowest BCUT2D eigenvalue weighted by Crippen LogP contribution is -2.10. The van der Waals surface area contributed by atoms with Gasteiger partial charge in [-0.1, -0.05) is 6.07 Å². The summed E-state index contributed by atoms with van der Waals surface area (Å²) in [6.45, 7) is 1.03. The minimum atomic E-state index is -0.150. The Labute approximate surface area is 99.6 Å². The summed E-state index contributed by atoms with van der Waals surface area (Å²) in [6, 6.07) is 6.32. The van der Waals surface area contributed by atoms with Crippen molar-refractivity contribution >= 4 is 23.4 Å². The van der Waals surface area contributed by atoms with E-state index in [-0.39, 0.29) is 5.97 Å². The van der Waals surface area contributed by atoms with Crippen LogP contribution in [-0.2, 0) is 16.0 Å². The molecule has 0 unspecified atom stereocenters. The second-order valence-electron chi connectivity index (χ2n) is 3.68. The summed E-state index contributed by atoms with van der Waals surface area (Å²) in [7, 11) is 1.43. The average Bonchev–Trinajstić information content (AvgIpc) is 2.35. The van der Waals surface area contributed by atoms with Crippen LogP contribution in [0.2, 0.25) is 0 Å². The molecule has 1 aliphatic heterocycles. The van der Waals surface area contributed by atoms with Crippen LogP contribution in [0.4, 0.5) is 5.69 Å². The fourth-order valence-electron chi connectivity index (χ4n) is 1.68. The zero-order chi connectivity index (χ0) is 11.4. The van der Waals surface area contributed by atoms with Gasteiger partial charge >= 0.3 is 5.97 Å². The summed E-state index contributed by atoms with van der Waals surface area (Å²) in [5.74, 6) is 0.955. The van der Waals surface area contributed by atoms with Crippen molar-refractivity contribution in [1.82, 2.24) is 0 Å². The molecule has 3 nitrogen and oxygen atoms in total. The summed E-state index contributed by atoms with van der Waals surface area (Å²) in [5.41, 5.74) is 2.40. The smallest absolute Gasteiger partial charge is 0.305 e. The first-order valence-electron chi connectivity index (χ1n) is 5.36. The standard InChI is InChI=1S/C12H15NO2S/c1-15-12(14)5-3-9-2-4-10-11(8-9)16-7-6-13-10/h2,4,8,13H,3,5-7H2,1H3. The average molecular weight is 237 g/mol. The Morgan fingerprint density at radius 3 is 3.25 bits per heavy atom. The number of thioether (sulfide) groups is 1. The molecular formula is C12H15NO2S. The first kappa shape index (κ1) is 11.3. The first-order valence-corrected chi connectivity index (χ1v) is 6.34. The molecule has 16 heavy (non-hydrogen) atoms. The summed E-state index contributed by atoms with van der Waals surface area (Å²) >= 11 is 1.86. The van der Waals surface area contributed by atoms with Gasteiger partial charge in [0.05, 0.1) is 7.11 Å². The number of hydrogen-bond donors (Lipinski definition) is 1. The van der Waals surface area contributed by atoms with Crippen LogP contribution in [0.3, 0.4) is 0 Å². The van der Waals surface area contributed by atoms with Crippen molar-refractivity contribution in [3.8, 4) is 0 Å². The Bertz CT molecular complexity index is 393. The number of aryl methyl sites for hydroxylation is 1. The fourth-order valence-corrected chi connectivity index (χ4v) is 2.64. The maximum Gasteiger partial charge on any atom is 0.305 e. The van der Waals surface area contributed by atoms with Crippen molar-refractivity contribution in [2.24, 2.45) is 0 Å². The van der Waals surface area contributed by atoms with Crippen LogP contribution in [0, 0.1) is 0 Å². The molecule has 0 bridgehead atoms. The van der Waals surface area contributed by atoms with Crippen LogP contribution in [-0.4, -0.2) is 25.4 Å². The number of methoxy groups -OCH3 is 1.